The number of ketones is 1. The van der Waals surface area contributed by atoms with E-state index in [4.69, 9.17) is 4.74 Å². The van der Waals surface area contributed by atoms with Crippen LogP contribution in [0.5, 0.6) is 0 Å². The molecular weight excluding hydrogens is 571 g/mol. The van der Waals surface area contributed by atoms with Crippen molar-refractivity contribution in [2.24, 2.45) is 5.92 Å². The van der Waals surface area contributed by atoms with Crippen LogP contribution in [0, 0.1) is 5.92 Å². The number of amides is 1. The van der Waals surface area contributed by atoms with Gasteiger partial charge in [-0.1, -0.05) is 24.3 Å². The van der Waals surface area contributed by atoms with Crippen molar-refractivity contribution in [2.75, 3.05) is 6.54 Å². The zero-order valence-electron chi connectivity index (χ0n) is 22.2. The number of carbonyl (C=O) groups is 2. The van der Waals surface area contributed by atoms with Gasteiger partial charge in [0.15, 0.2) is 5.78 Å². The number of hydrogen-bond donors (Lipinski definition) is 1. The van der Waals surface area contributed by atoms with E-state index in [0.29, 0.717) is 12.1 Å². The normalized spacial score (nSPS) is 22.5. The fourth-order valence-electron chi connectivity index (χ4n) is 4.94. The van der Waals surface area contributed by atoms with Gasteiger partial charge in [0.05, 0.1) is 34.9 Å². The number of Topliss-reactive ketones (excluding diaryl/α,β-unsaturated/α-hetero) is 1. The maximum absolute atomic E-state index is 13.8. The van der Waals surface area contributed by atoms with Crippen molar-refractivity contribution in [1.82, 2.24) is 10.2 Å². The first-order chi connectivity index (χ1) is 18.7. The number of rotatable bonds is 5. The maximum atomic E-state index is 13.8. The summed E-state index contributed by atoms with van der Waals surface area (Å²) in [6.45, 7) is 5.00. The van der Waals surface area contributed by atoms with Crippen molar-refractivity contribution in [3.05, 3.63) is 70.3 Å². The number of fused-ring (bicyclic) bond motifs is 1. The monoisotopic (exact) mass is 598 g/mol. The van der Waals surface area contributed by atoms with E-state index < -0.39 is 82.8 Å². The van der Waals surface area contributed by atoms with E-state index in [1.165, 1.54) is 19.1 Å². The molecular formula is C27H27F9N2O3. The first-order valence-corrected chi connectivity index (χ1v) is 12.4. The molecule has 14 heteroatoms. The Labute approximate surface area is 229 Å². The van der Waals surface area contributed by atoms with Gasteiger partial charge in [0, 0.05) is 18.5 Å². The number of carbonyl (C=O) groups excluding carboxylic acids is 2. The molecule has 0 saturated heterocycles. The smallest absolute Gasteiger partial charge is 0.416 e. The molecule has 0 aromatic heterocycles. The quantitative estimate of drug-likeness (QED) is 0.289. The number of ether oxygens (including phenoxy) is 1. The van der Waals surface area contributed by atoms with Crippen LogP contribution in [-0.4, -0.2) is 47.7 Å². The average molecular weight is 599 g/mol. The number of hydrogen-bond acceptors (Lipinski definition) is 4. The molecule has 0 spiro atoms. The molecule has 2 aliphatic rings. The first kappa shape index (κ1) is 32.2. The van der Waals surface area contributed by atoms with Gasteiger partial charge < -0.3 is 4.74 Å². The van der Waals surface area contributed by atoms with Crippen molar-refractivity contribution < 1.29 is 53.8 Å². The highest BCUT2D eigenvalue weighted by Gasteiger charge is 2.45. The number of nitrogens with zero attached hydrogens (tertiary/aromatic N) is 1. The van der Waals surface area contributed by atoms with Gasteiger partial charge >= 0.3 is 24.6 Å². The molecule has 0 radical (unpaired) electrons. The zero-order valence-corrected chi connectivity index (χ0v) is 22.2. The molecule has 5 nitrogen and oxygen atoms in total. The van der Waals surface area contributed by atoms with E-state index in [9.17, 15) is 49.1 Å². The van der Waals surface area contributed by atoms with Crippen molar-refractivity contribution in [2.45, 2.75) is 70.5 Å². The number of alkyl halides is 9. The molecule has 1 aromatic rings. The predicted molar refractivity (Wildman–Crippen MR) is 129 cm³/mol. The Morgan fingerprint density at radius 1 is 0.927 bits per heavy atom. The molecule has 1 aliphatic carbocycles. The molecule has 1 heterocycles. The number of nitrogens with one attached hydrogen (secondary N) is 1. The fraction of sp³-hybridized carbons (Fsp3) is 0.481. The van der Waals surface area contributed by atoms with E-state index in [2.05, 4.69) is 5.32 Å². The molecule has 0 fully saturated rings. The molecule has 41 heavy (non-hydrogen) atoms. The van der Waals surface area contributed by atoms with Gasteiger partial charge in [0.25, 0.3) is 0 Å². The molecule has 226 valence electrons. The van der Waals surface area contributed by atoms with E-state index in [0.717, 1.165) is 24.0 Å². The predicted octanol–water partition coefficient (Wildman–Crippen LogP) is 7.16. The molecule has 1 aromatic carbocycles. The summed E-state index contributed by atoms with van der Waals surface area (Å²) < 4.78 is 127. The summed E-state index contributed by atoms with van der Waals surface area (Å²) in [4.78, 5) is 26.6. The summed E-state index contributed by atoms with van der Waals surface area (Å²) in [6, 6.07) is -3.29. The van der Waals surface area contributed by atoms with Crippen molar-refractivity contribution in [1.29, 1.82) is 0 Å². The van der Waals surface area contributed by atoms with Crippen LogP contribution in [0.25, 0.3) is 0 Å². The molecule has 4 unspecified atom stereocenters. The van der Waals surface area contributed by atoms with Crippen LogP contribution in [0.1, 0.15) is 50.4 Å². The third kappa shape index (κ3) is 7.32. The topological polar surface area (TPSA) is 58.6 Å². The van der Waals surface area contributed by atoms with E-state index in [-0.39, 0.29) is 18.2 Å². The van der Waals surface area contributed by atoms with Crippen molar-refractivity contribution in [3.8, 4) is 0 Å². The van der Waals surface area contributed by atoms with Crippen molar-refractivity contribution in [3.63, 3.8) is 0 Å². The second kappa shape index (κ2) is 11.5. The largest absolute Gasteiger partial charge is 0.447 e. The second-order valence-corrected chi connectivity index (χ2v) is 10.1. The highest BCUT2D eigenvalue weighted by Crippen LogP contribution is 2.41. The van der Waals surface area contributed by atoms with Crippen LogP contribution in [0.15, 0.2) is 53.6 Å². The minimum atomic E-state index is -5.16. The van der Waals surface area contributed by atoms with Crippen LogP contribution in [0.4, 0.5) is 44.3 Å². The number of allylic oxidation sites excluding steroid dienone is 2. The van der Waals surface area contributed by atoms with Crippen LogP contribution in [-0.2, 0) is 21.9 Å². The number of halogens is 9. The van der Waals surface area contributed by atoms with Crippen molar-refractivity contribution >= 4 is 11.9 Å². The summed E-state index contributed by atoms with van der Waals surface area (Å²) in [7, 11) is 0. The van der Waals surface area contributed by atoms with E-state index >= 15 is 0 Å². The van der Waals surface area contributed by atoms with Gasteiger partial charge in [-0.05, 0) is 57.0 Å². The third-order valence-corrected chi connectivity index (χ3v) is 6.70. The van der Waals surface area contributed by atoms with Gasteiger partial charge in [-0.25, -0.2) is 4.79 Å². The van der Waals surface area contributed by atoms with Gasteiger partial charge in [-0.2, -0.15) is 39.5 Å². The van der Waals surface area contributed by atoms with Crippen LogP contribution >= 0.6 is 0 Å². The Balaban J connectivity index is 2.11. The first-order valence-electron chi connectivity index (χ1n) is 12.4. The maximum Gasteiger partial charge on any atom is 0.416 e. The second-order valence-electron chi connectivity index (χ2n) is 10.1. The van der Waals surface area contributed by atoms with Crippen LogP contribution < -0.4 is 5.32 Å². The summed E-state index contributed by atoms with van der Waals surface area (Å²) in [6.07, 6.45) is -11.9. The molecule has 1 aliphatic heterocycles. The highest BCUT2D eigenvalue weighted by molar-refractivity contribution is 5.83. The summed E-state index contributed by atoms with van der Waals surface area (Å²) in [5.74, 6) is -1.85. The molecule has 4 atom stereocenters. The van der Waals surface area contributed by atoms with Gasteiger partial charge in [-0.15, -0.1) is 0 Å². The highest BCUT2D eigenvalue weighted by atomic mass is 19.4. The van der Waals surface area contributed by atoms with E-state index in [1.54, 1.807) is 13.8 Å². The minimum Gasteiger partial charge on any atom is -0.447 e. The van der Waals surface area contributed by atoms with Gasteiger partial charge in [-0.3, -0.25) is 15.0 Å². The minimum absolute atomic E-state index is 0.0722. The summed E-state index contributed by atoms with van der Waals surface area (Å²) >= 11 is 0. The fourth-order valence-corrected chi connectivity index (χ4v) is 4.94. The molecule has 1 N–H and O–H groups in total. The summed E-state index contributed by atoms with van der Waals surface area (Å²) in [5.41, 5.74) is -5.15. The Bertz CT molecular complexity index is 1230. The average Bonchev–Trinajstić information content (AvgIpc) is 3.00. The number of benzene rings is 1. The Morgan fingerprint density at radius 2 is 1.49 bits per heavy atom. The van der Waals surface area contributed by atoms with Gasteiger partial charge in [0.1, 0.15) is 0 Å². The standard InChI is InChI=1S/C27H27F9N2O3/c1-13(2)41-24(40)38-9-5-6-21(19-7-8-20(27(34,35)36)14(3)23(19)38)37-22(15(4)39)16-10-17(25(28,29)30)12-18(11-16)26(31,32)33/h5-8,10-13,19,21-23,37H,9H2,1-4H3. The Kier molecular flexibility index (Phi) is 9.07. The zero-order chi connectivity index (χ0) is 31.1. The van der Waals surface area contributed by atoms with Crippen LogP contribution in [0.3, 0.4) is 0 Å². The molecule has 0 bridgehead atoms. The Hall–Kier alpha value is -3.29. The lowest BCUT2D eigenvalue weighted by Gasteiger charge is -2.40. The Morgan fingerprint density at radius 3 is 1.95 bits per heavy atom. The lowest BCUT2D eigenvalue weighted by atomic mass is 9.80. The lowest BCUT2D eigenvalue weighted by Crippen LogP contribution is -2.52. The third-order valence-electron chi connectivity index (χ3n) is 6.70. The van der Waals surface area contributed by atoms with Gasteiger partial charge in [0.2, 0.25) is 0 Å². The summed E-state index contributed by atoms with van der Waals surface area (Å²) in [5, 5.41) is 2.74. The molecule has 0 saturated carbocycles. The van der Waals surface area contributed by atoms with E-state index in [1.807, 2.05) is 0 Å². The lowest BCUT2D eigenvalue weighted by molar-refractivity contribution is -0.143. The molecule has 3 rings (SSSR count). The van der Waals surface area contributed by atoms with Crippen LogP contribution in [0.2, 0.25) is 0 Å². The SMILES string of the molecule is CC(=O)C(NC1C=CCN(C(=O)OC(C)C)C2C(C)=C(C(F)(F)F)C=CC12)c1cc(C(F)(F)F)cc(C(F)(F)F)c1. The molecule has 1 amide bonds.